The summed E-state index contributed by atoms with van der Waals surface area (Å²) < 4.78 is 12.8. The smallest absolute Gasteiger partial charge is 0.316 e. The van der Waals surface area contributed by atoms with Crippen LogP contribution in [0.1, 0.15) is 31.3 Å². The third kappa shape index (κ3) is 5.35. The van der Waals surface area contributed by atoms with Gasteiger partial charge in [-0.05, 0) is 38.5 Å². The lowest BCUT2D eigenvalue weighted by atomic mass is 10.2. The number of allylic oxidation sites excluding steroid dienone is 1. The topological polar surface area (TPSA) is 66.2 Å². The number of ether oxygens (including phenoxy) is 2. The van der Waals surface area contributed by atoms with Crippen LogP contribution in [-0.2, 0) is 16.1 Å². The first kappa shape index (κ1) is 19.1. The van der Waals surface area contributed by atoms with Crippen LogP contribution in [0.2, 0.25) is 0 Å². The van der Waals surface area contributed by atoms with Crippen molar-refractivity contribution in [1.82, 2.24) is 14.8 Å². The number of carbonyl (C=O) groups excluding carboxylic acids is 1. The Morgan fingerprint density at radius 1 is 1.44 bits per heavy atom. The monoisotopic (exact) mass is 361 g/mol. The number of hydrogen-bond acceptors (Lipinski definition) is 6. The zero-order chi connectivity index (χ0) is 18.2. The molecule has 0 fully saturated rings. The van der Waals surface area contributed by atoms with Crippen LogP contribution in [0.25, 0.3) is 0 Å². The maximum atomic E-state index is 11.6. The van der Waals surface area contributed by atoms with Crippen molar-refractivity contribution in [1.29, 1.82) is 0 Å². The molecule has 6 nitrogen and oxygen atoms in total. The molecular formula is C18H23N3O3S. The summed E-state index contributed by atoms with van der Waals surface area (Å²) in [5, 5.41) is 9.07. The molecule has 25 heavy (non-hydrogen) atoms. The Balaban J connectivity index is 2.13. The number of aromatic nitrogens is 3. The molecule has 0 spiro atoms. The largest absolute Gasteiger partial charge is 0.483 e. The summed E-state index contributed by atoms with van der Waals surface area (Å²) in [6, 6.07) is 7.85. The number of carbonyl (C=O) groups is 1. The molecule has 0 aliphatic heterocycles. The van der Waals surface area contributed by atoms with Crippen molar-refractivity contribution in [3.63, 3.8) is 0 Å². The van der Waals surface area contributed by atoms with Gasteiger partial charge >= 0.3 is 5.97 Å². The predicted octanol–water partition coefficient (Wildman–Crippen LogP) is 3.57. The van der Waals surface area contributed by atoms with Crippen molar-refractivity contribution in [2.45, 2.75) is 38.6 Å². The molecule has 0 aliphatic carbocycles. The van der Waals surface area contributed by atoms with E-state index in [2.05, 4.69) is 16.8 Å². The molecule has 1 aromatic heterocycles. The molecular weight excluding hydrogens is 338 g/mol. The van der Waals surface area contributed by atoms with Gasteiger partial charge in [0.2, 0.25) is 0 Å². The molecule has 0 saturated carbocycles. The van der Waals surface area contributed by atoms with Crippen molar-refractivity contribution in [3.8, 4) is 5.75 Å². The van der Waals surface area contributed by atoms with E-state index in [0.717, 1.165) is 11.3 Å². The first-order valence-electron chi connectivity index (χ1n) is 8.10. The summed E-state index contributed by atoms with van der Waals surface area (Å²) in [5.41, 5.74) is 1.13. The van der Waals surface area contributed by atoms with E-state index in [1.807, 2.05) is 42.7 Å². The summed E-state index contributed by atoms with van der Waals surface area (Å²) in [4.78, 5) is 11.6. The molecule has 0 aliphatic rings. The number of benzene rings is 1. The van der Waals surface area contributed by atoms with E-state index < -0.39 is 0 Å². The minimum atomic E-state index is -0.286. The summed E-state index contributed by atoms with van der Waals surface area (Å²) in [7, 11) is 0. The number of thioether (sulfide) groups is 1. The Morgan fingerprint density at radius 3 is 2.92 bits per heavy atom. The van der Waals surface area contributed by atoms with Crippen molar-refractivity contribution in [2.75, 3.05) is 12.4 Å². The molecule has 1 unspecified atom stereocenters. The van der Waals surface area contributed by atoms with E-state index in [1.165, 1.54) is 11.8 Å². The number of hydrogen-bond donors (Lipinski definition) is 0. The third-order valence-electron chi connectivity index (χ3n) is 3.35. The summed E-state index contributed by atoms with van der Waals surface area (Å²) in [6.07, 6.45) is 1.48. The minimum Gasteiger partial charge on any atom is -0.483 e. The Kier molecular flexibility index (Phi) is 7.06. The standard InChI is InChI=1S/C18H23N3O3S/c1-5-10-21-17(14(4)24-15-9-7-8-13(3)11-15)19-20-18(21)25-12-16(22)23-6-2/h5,7-9,11,14H,1,6,10,12H2,2-4H3. The summed E-state index contributed by atoms with van der Waals surface area (Å²) >= 11 is 1.29. The zero-order valence-electron chi connectivity index (χ0n) is 14.8. The van der Waals surface area contributed by atoms with Crippen LogP contribution in [0, 0.1) is 6.92 Å². The molecule has 1 heterocycles. The average molecular weight is 361 g/mol. The molecule has 1 atom stereocenters. The van der Waals surface area contributed by atoms with Gasteiger partial charge in [-0.1, -0.05) is 30.0 Å². The van der Waals surface area contributed by atoms with Gasteiger partial charge in [-0.25, -0.2) is 0 Å². The van der Waals surface area contributed by atoms with Crippen molar-refractivity contribution in [2.24, 2.45) is 0 Å². The van der Waals surface area contributed by atoms with Crippen LogP contribution < -0.4 is 4.74 Å². The first-order chi connectivity index (χ1) is 12.0. The van der Waals surface area contributed by atoms with E-state index in [1.54, 1.807) is 13.0 Å². The van der Waals surface area contributed by atoms with Gasteiger partial charge in [-0.2, -0.15) is 0 Å². The molecule has 0 bridgehead atoms. The maximum Gasteiger partial charge on any atom is 0.316 e. The number of aryl methyl sites for hydroxylation is 1. The molecule has 0 saturated heterocycles. The van der Waals surface area contributed by atoms with E-state index in [9.17, 15) is 4.79 Å². The normalized spacial score (nSPS) is 11.8. The van der Waals surface area contributed by atoms with Crippen LogP contribution in [-0.4, -0.2) is 33.1 Å². The summed E-state index contributed by atoms with van der Waals surface area (Å²) in [6.45, 7) is 10.4. The van der Waals surface area contributed by atoms with E-state index in [4.69, 9.17) is 9.47 Å². The molecule has 0 radical (unpaired) electrons. The van der Waals surface area contributed by atoms with Gasteiger partial charge in [0.05, 0.1) is 12.4 Å². The summed E-state index contributed by atoms with van der Waals surface area (Å²) in [5.74, 6) is 1.39. The first-order valence-corrected chi connectivity index (χ1v) is 9.09. The highest BCUT2D eigenvalue weighted by Gasteiger charge is 2.20. The van der Waals surface area contributed by atoms with Crippen LogP contribution in [0.5, 0.6) is 5.75 Å². The third-order valence-corrected chi connectivity index (χ3v) is 4.29. The van der Waals surface area contributed by atoms with E-state index in [0.29, 0.717) is 24.1 Å². The van der Waals surface area contributed by atoms with Gasteiger partial charge in [0.15, 0.2) is 17.1 Å². The molecule has 2 aromatic rings. The minimum absolute atomic E-state index is 0.191. The Hall–Kier alpha value is -2.28. The SMILES string of the molecule is C=CCn1c(SCC(=O)OCC)nnc1C(C)Oc1cccc(C)c1. The van der Waals surface area contributed by atoms with Gasteiger partial charge in [0, 0.05) is 6.54 Å². The van der Waals surface area contributed by atoms with E-state index >= 15 is 0 Å². The van der Waals surface area contributed by atoms with Gasteiger partial charge in [-0.3, -0.25) is 9.36 Å². The lowest BCUT2D eigenvalue weighted by Crippen LogP contribution is -2.13. The molecule has 7 heteroatoms. The number of nitrogens with zero attached hydrogens (tertiary/aromatic N) is 3. The highest BCUT2D eigenvalue weighted by Crippen LogP contribution is 2.25. The fraction of sp³-hybridized carbons (Fsp3) is 0.389. The number of esters is 1. The zero-order valence-corrected chi connectivity index (χ0v) is 15.6. The molecule has 134 valence electrons. The van der Waals surface area contributed by atoms with Crippen LogP contribution in [0.15, 0.2) is 42.1 Å². The van der Waals surface area contributed by atoms with Crippen LogP contribution >= 0.6 is 11.8 Å². The van der Waals surface area contributed by atoms with Crippen LogP contribution in [0.4, 0.5) is 0 Å². The van der Waals surface area contributed by atoms with Gasteiger partial charge in [0.1, 0.15) is 5.75 Å². The molecule has 2 rings (SSSR count). The second-order valence-corrected chi connectivity index (χ2v) is 6.35. The second-order valence-electron chi connectivity index (χ2n) is 5.41. The fourth-order valence-electron chi connectivity index (χ4n) is 2.28. The molecule has 1 aromatic carbocycles. The predicted molar refractivity (Wildman–Crippen MR) is 97.8 cm³/mol. The highest BCUT2D eigenvalue weighted by atomic mass is 32.2. The van der Waals surface area contributed by atoms with Gasteiger partial charge in [0.25, 0.3) is 0 Å². The maximum absolute atomic E-state index is 11.6. The Labute approximate surface area is 152 Å². The van der Waals surface area contributed by atoms with Gasteiger partial charge < -0.3 is 9.47 Å². The van der Waals surface area contributed by atoms with Crippen molar-refractivity contribution in [3.05, 3.63) is 48.3 Å². The Morgan fingerprint density at radius 2 is 2.24 bits per heavy atom. The van der Waals surface area contributed by atoms with Crippen molar-refractivity contribution >= 4 is 17.7 Å². The molecule has 0 amide bonds. The van der Waals surface area contributed by atoms with Gasteiger partial charge in [-0.15, -0.1) is 16.8 Å². The van der Waals surface area contributed by atoms with Crippen LogP contribution in [0.3, 0.4) is 0 Å². The highest BCUT2D eigenvalue weighted by molar-refractivity contribution is 7.99. The quantitative estimate of drug-likeness (QED) is 0.386. The Bertz CT molecular complexity index is 730. The lowest BCUT2D eigenvalue weighted by molar-refractivity contribution is -0.139. The van der Waals surface area contributed by atoms with Crippen molar-refractivity contribution < 1.29 is 14.3 Å². The molecule has 0 N–H and O–H groups in total. The second kappa shape index (κ2) is 9.27. The van der Waals surface area contributed by atoms with E-state index in [-0.39, 0.29) is 17.8 Å². The number of rotatable bonds is 9. The average Bonchev–Trinajstić information content (AvgIpc) is 2.96. The fourth-order valence-corrected chi connectivity index (χ4v) is 3.03. The lowest BCUT2D eigenvalue weighted by Gasteiger charge is -2.16.